The summed E-state index contributed by atoms with van der Waals surface area (Å²) in [5.74, 6) is 0.184. The first kappa shape index (κ1) is 14.8. The summed E-state index contributed by atoms with van der Waals surface area (Å²) in [6.07, 6.45) is -2.88. The molecule has 3 rings (SSSR count). The number of rotatable bonds is 5. The van der Waals surface area contributed by atoms with E-state index in [9.17, 15) is 13.2 Å². The number of alkyl halides is 3. The molecule has 118 valence electrons. The molecule has 0 aromatic carbocycles. The lowest BCUT2D eigenvalue weighted by Crippen LogP contribution is -2.44. The van der Waals surface area contributed by atoms with Crippen LogP contribution < -0.4 is 5.32 Å². The highest BCUT2D eigenvalue weighted by Gasteiger charge is 2.61. The number of hydrogen-bond donors (Lipinski definition) is 1. The molecule has 0 amide bonds. The van der Waals surface area contributed by atoms with Crippen LogP contribution in [0.4, 0.5) is 13.2 Å². The van der Waals surface area contributed by atoms with Crippen molar-refractivity contribution in [3.05, 3.63) is 11.7 Å². The van der Waals surface area contributed by atoms with Crippen molar-refractivity contribution in [2.75, 3.05) is 19.7 Å². The minimum Gasteiger partial charge on any atom is -0.370 e. The lowest BCUT2D eigenvalue weighted by molar-refractivity contribution is -0.191. The molecule has 2 fully saturated rings. The number of nitrogens with one attached hydrogen (secondary N) is 1. The van der Waals surface area contributed by atoms with E-state index in [1.165, 1.54) is 0 Å². The van der Waals surface area contributed by atoms with Gasteiger partial charge in [0.1, 0.15) is 6.10 Å². The summed E-state index contributed by atoms with van der Waals surface area (Å²) < 4.78 is 50.8. The van der Waals surface area contributed by atoms with Crippen LogP contribution in [0.2, 0.25) is 0 Å². The highest BCUT2D eigenvalue weighted by atomic mass is 19.4. The number of nitrogens with zero attached hydrogens (tertiary/aromatic N) is 2. The molecule has 1 N–H and O–H groups in total. The topological polar surface area (TPSA) is 60.2 Å². The molecule has 21 heavy (non-hydrogen) atoms. The number of aromatic nitrogens is 2. The van der Waals surface area contributed by atoms with Gasteiger partial charge in [0.2, 0.25) is 11.7 Å². The zero-order valence-corrected chi connectivity index (χ0v) is 11.7. The third-order valence-corrected chi connectivity index (χ3v) is 4.20. The van der Waals surface area contributed by atoms with Crippen LogP contribution in [0, 0.1) is 5.92 Å². The van der Waals surface area contributed by atoms with Crippen molar-refractivity contribution in [2.45, 2.75) is 43.9 Å². The summed E-state index contributed by atoms with van der Waals surface area (Å²) in [6.45, 7) is 2.38. The van der Waals surface area contributed by atoms with Crippen molar-refractivity contribution in [1.29, 1.82) is 0 Å². The SMILES string of the molecule is CCOC(c1noc(C2(C(F)(F)F)CCNC2)n1)C1CC1. The molecule has 5 nitrogen and oxygen atoms in total. The molecule has 1 aromatic heterocycles. The van der Waals surface area contributed by atoms with Crippen LogP contribution in [-0.4, -0.2) is 36.0 Å². The predicted molar refractivity (Wildman–Crippen MR) is 66.6 cm³/mol. The Morgan fingerprint density at radius 1 is 1.48 bits per heavy atom. The van der Waals surface area contributed by atoms with Gasteiger partial charge in [-0.1, -0.05) is 5.16 Å². The Labute approximate surface area is 120 Å². The van der Waals surface area contributed by atoms with Crippen LogP contribution in [0.15, 0.2) is 4.52 Å². The van der Waals surface area contributed by atoms with E-state index < -0.39 is 11.6 Å². The second kappa shape index (κ2) is 5.24. The van der Waals surface area contributed by atoms with Gasteiger partial charge < -0.3 is 14.6 Å². The molecule has 2 aliphatic rings. The first-order valence-corrected chi connectivity index (χ1v) is 7.21. The average molecular weight is 305 g/mol. The second-order valence-corrected chi connectivity index (χ2v) is 5.68. The van der Waals surface area contributed by atoms with Gasteiger partial charge in [0.05, 0.1) is 0 Å². The summed E-state index contributed by atoms with van der Waals surface area (Å²) in [7, 11) is 0. The van der Waals surface area contributed by atoms with Crippen LogP contribution in [0.3, 0.4) is 0 Å². The smallest absolute Gasteiger partial charge is 0.370 e. The number of halogens is 3. The van der Waals surface area contributed by atoms with E-state index >= 15 is 0 Å². The molecule has 1 aromatic rings. The molecule has 2 unspecified atom stereocenters. The molecule has 1 aliphatic heterocycles. The highest BCUT2D eigenvalue weighted by Crippen LogP contribution is 2.46. The Morgan fingerprint density at radius 2 is 2.24 bits per heavy atom. The maximum Gasteiger partial charge on any atom is 0.404 e. The quantitative estimate of drug-likeness (QED) is 0.905. The molecule has 0 bridgehead atoms. The van der Waals surface area contributed by atoms with Crippen LogP contribution in [-0.2, 0) is 10.2 Å². The van der Waals surface area contributed by atoms with E-state index in [2.05, 4.69) is 15.5 Å². The fraction of sp³-hybridized carbons (Fsp3) is 0.846. The van der Waals surface area contributed by atoms with E-state index in [4.69, 9.17) is 9.26 Å². The van der Waals surface area contributed by atoms with Gasteiger partial charge in [-0.2, -0.15) is 18.2 Å². The van der Waals surface area contributed by atoms with Gasteiger partial charge in [0, 0.05) is 13.2 Å². The summed E-state index contributed by atoms with van der Waals surface area (Å²) in [5.41, 5.74) is -2.07. The van der Waals surface area contributed by atoms with Crippen LogP contribution in [0.1, 0.15) is 44.0 Å². The zero-order chi connectivity index (χ0) is 15.1. The first-order valence-electron chi connectivity index (χ1n) is 7.21. The Kier molecular flexibility index (Phi) is 3.69. The van der Waals surface area contributed by atoms with E-state index in [-0.39, 0.29) is 37.3 Å². The minimum atomic E-state index is -4.42. The van der Waals surface area contributed by atoms with E-state index in [0.29, 0.717) is 12.5 Å². The average Bonchev–Trinajstić information content (AvgIpc) is 2.92. The van der Waals surface area contributed by atoms with Crippen molar-refractivity contribution >= 4 is 0 Å². The lowest BCUT2D eigenvalue weighted by Gasteiger charge is -2.26. The summed E-state index contributed by atoms with van der Waals surface area (Å²) >= 11 is 0. The third kappa shape index (κ3) is 2.55. The van der Waals surface area contributed by atoms with Crippen molar-refractivity contribution in [1.82, 2.24) is 15.5 Å². The van der Waals surface area contributed by atoms with Gasteiger partial charge in [-0.05, 0) is 38.6 Å². The van der Waals surface area contributed by atoms with Gasteiger partial charge in [0.25, 0.3) is 0 Å². The van der Waals surface area contributed by atoms with Crippen molar-refractivity contribution in [3.63, 3.8) is 0 Å². The summed E-state index contributed by atoms with van der Waals surface area (Å²) in [5, 5.41) is 6.50. The van der Waals surface area contributed by atoms with Crippen LogP contribution in [0.5, 0.6) is 0 Å². The highest BCUT2D eigenvalue weighted by molar-refractivity contribution is 5.15. The second-order valence-electron chi connectivity index (χ2n) is 5.68. The van der Waals surface area contributed by atoms with Crippen LogP contribution >= 0.6 is 0 Å². The predicted octanol–water partition coefficient (Wildman–Crippen LogP) is 2.35. The Balaban J connectivity index is 1.89. The van der Waals surface area contributed by atoms with Gasteiger partial charge in [-0.25, -0.2) is 0 Å². The molecular weight excluding hydrogens is 287 g/mol. The Hall–Kier alpha value is -1.15. The molecule has 2 atom stereocenters. The summed E-state index contributed by atoms with van der Waals surface area (Å²) in [4.78, 5) is 4.05. The minimum absolute atomic E-state index is 0.0825. The maximum absolute atomic E-state index is 13.4. The lowest BCUT2D eigenvalue weighted by atomic mass is 9.86. The Bertz CT molecular complexity index is 493. The van der Waals surface area contributed by atoms with Crippen molar-refractivity contribution < 1.29 is 22.4 Å². The molecule has 1 saturated heterocycles. The standard InChI is InChI=1S/C13H18F3N3O2/c1-2-20-9(8-3-4-8)10-18-11(21-19-10)12(13(14,15)16)5-6-17-7-12/h8-9,17H,2-7H2,1H3. The van der Waals surface area contributed by atoms with E-state index in [1.807, 2.05) is 6.92 Å². The largest absolute Gasteiger partial charge is 0.404 e. The van der Waals surface area contributed by atoms with Crippen molar-refractivity contribution in [3.8, 4) is 0 Å². The van der Waals surface area contributed by atoms with Gasteiger partial charge in [-0.15, -0.1) is 0 Å². The summed E-state index contributed by atoms with van der Waals surface area (Å²) in [6, 6.07) is 0. The fourth-order valence-corrected chi connectivity index (χ4v) is 2.78. The molecule has 1 aliphatic carbocycles. The van der Waals surface area contributed by atoms with Crippen molar-refractivity contribution in [2.24, 2.45) is 5.92 Å². The monoisotopic (exact) mass is 305 g/mol. The molecular formula is C13H18F3N3O2. The first-order chi connectivity index (χ1) is 9.98. The zero-order valence-electron chi connectivity index (χ0n) is 11.7. The van der Waals surface area contributed by atoms with E-state index in [1.54, 1.807) is 0 Å². The maximum atomic E-state index is 13.4. The van der Waals surface area contributed by atoms with Gasteiger partial charge in [0.15, 0.2) is 5.41 Å². The van der Waals surface area contributed by atoms with E-state index in [0.717, 1.165) is 12.8 Å². The molecule has 0 radical (unpaired) electrons. The Morgan fingerprint density at radius 3 is 2.76 bits per heavy atom. The van der Waals surface area contributed by atoms with Crippen LogP contribution in [0.25, 0.3) is 0 Å². The molecule has 8 heteroatoms. The normalized spacial score (nSPS) is 28.0. The van der Waals surface area contributed by atoms with Gasteiger partial charge in [-0.3, -0.25) is 0 Å². The van der Waals surface area contributed by atoms with Gasteiger partial charge >= 0.3 is 6.18 Å². The molecule has 2 heterocycles. The molecule has 0 spiro atoms. The third-order valence-electron chi connectivity index (χ3n) is 4.20. The molecule has 1 saturated carbocycles. The number of hydrogen-bond acceptors (Lipinski definition) is 5. The fourth-order valence-electron chi connectivity index (χ4n) is 2.78. The number of ether oxygens (including phenoxy) is 1.